The molecule has 5 nitrogen and oxygen atoms in total. The largest absolute Gasteiger partial charge is 0.350 e. The number of aryl methyl sites for hydroxylation is 2. The topological polar surface area (TPSA) is 66.5 Å². The van der Waals surface area contributed by atoms with Crippen molar-refractivity contribution in [1.82, 2.24) is 5.32 Å². The van der Waals surface area contributed by atoms with Crippen molar-refractivity contribution in [3.05, 3.63) is 65.2 Å². The molecule has 1 N–H and O–H groups in total. The Morgan fingerprint density at radius 3 is 2.23 bits per heavy atom. The second kappa shape index (κ2) is 8.36. The van der Waals surface area contributed by atoms with Gasteiger partial charge in [-0.1, -0.05) is 48.9 Å². The second-order valence-electron chi connectivity index (χ2n) is 6.46. The summed E-state index contributed by atoms with van der Waals surface area (Å²) < 4.78 is 26.0. The summed E-state index contributed by atoms with van der Waals surface area (Å²) in [5, 5.41) is 2.88. The van der Waals surface area contributed by atoms with Crippen LogP contribution in [0.15, 0.2) is 48.5 Å². The highest BCUT2D eigenvalue weighted by Crippen LogP contribution is 2.23. The highest BCUT2D eigenvalue weighted by Gasteiger charge is 2.31. The molecule has 0 aliphatic heterocycles. The number of nitrogens with zero attached hydrogens (tertiary/aromatic N) is 1. The number of benzene rings is 2. The van der Waals surface area contributed by atoms with Gasteiger partial charge in [0, 0.05) is 6.54 Å². The van der Waals surface area contributed by atoms with Gasteiger partial charge in [0.15, 0.2) is 0 Å². The Hall–Kier alpha value is -2.34. The lowest BCUT2D eigenvalue weighted by Gasteiger charge is -2.30. The number of rotatable bonds is 7. The minimum Gasteiger partial charge on any atom is -0.350 e. The van der Waals surface area contributed by atoms with Crippen LogP contribution >= 0.6 is 0 Å². The zero-order valence-electron chi connectivity index (χ0n) is 15.7. The number of hydrogen-bond donors (Lipinski definition) is 1. The molecule has 0 aliphatic rings. The van der Waals surface area contributed by atoms with E-state index >= 15 is 0 Å². The summed E-state index contributed by atoms with van der Waals surface area (Å²) in [6.07, 6.45) is 1.50. The van der Waals surface area contributed by atoms with Gasteiger partial charge in [0.25, 0.3) is 0 Å². The van der Waals surface area contributed by atoms with E-state index in [2.05, 4.69) is 5.32 Å². The lowest BCUT2D eigenvalue weighted by Crippen LogP contribution is -2.49. The highest BCUT2D eigenvalue weighted by atomic mass is 32.2. The first-order valence-corrected chi connectivity index (χ1v) is 10.5. The maximum absolute atomic E-state index is 12.8. The predicted octanol–water partition coefficient (Wildman–Crippen LogP) is 3.16. The van der Waals surface area contributed by atoms with Crippen molar-refractivity contribution in [3.63, 3.8) is 0 Å². The lowest BCUT2D eigenvalue weighted by atomic mass is 10.1. The van der Waals surface area contributed by atoms with Crippen LogP contribution < -0.4 is 9.62 Å². The Bertz CT molecular complexity index is 861. The van der Waals surface area contributed by atoms with E-state index in [1.165, 1.54) is 4.31 Å². The zero-order chi connectivity index (χ0) is 19.3. The summed E-state index contributed by atoms with van der Waals surface area (Å²) in [6, 6.07) is 14.1. The molecule has 0 heterocycles. The fourth-order valence-electron chi connectivity index (χ4n) is 2.86. The molecule has 140 valence electrons. The number of hydrogen-bond acceptors (Lipinski definition) is 3. The molecule has 1 amide bonds. The van der Waals surface area contributed by atoms with Crippen LogP contribution in [-0.2, 0) is 21.4 Å². The average Bonchev–Trinajstić information content (AvgIpc) is 2.58. The third-order valence-corrected chi connectivity index (χ3v) is 5.51. The normalized spacial score (nSPS) is 12.5. The molecule has 2 aromatic carbocycles. The van der Waals surface area contributed by atoms with Gasteiger partial charge >= 0.3 is 0 Å². The fourth-order valence-corrected chi connectivity index (χ4v) is 4.07. The van der Waals surface area contributed by atoms with Gasteiger partial charge in [-0.25, -0.2) is 8.42 Å². The van der Waals surface area contributed by atoms with Crippen LogP contribution in [0.2, 0.25) is 0 Å². The molecule has 6 heteroatoms. The maximum atomic E-state index is 12.8. The first kappa shape index (κ1) is 20.0. The van der Waals surface area contributed by atoms with Crippen molar-refractivity contribution in [1.29, 1.82) is 0 Å². The maximum Gasteiger partial charge on any atom is 0.244 e. The van der Waals surface area contributed by atoms with Crippen LogP contribution in [0.4, 0.5) is 5.69 Å². The van der Waals surface area contributed by atoms with Crippen LogP contribution in [0.25, 0.3) is 0 Å². The number of nitrogens with one attached hydrogen (secondary N) is 1. The predicted molar refractivity (Wildman–Crippen MR) is 106 cm³/mol. The van der Waals surface area contributed by atoms with Gasteiger partial charge in [0.05, 0.1) is 11.9 Å². The van der Waals surface area contributed by atoms with E-state index in [0.29, 0.717) is 18.7 Å². The SMILES string of the molecule is CCC(C(=O)NCc1ccccc1C)N(c1ccc(C)cc1)S(C)(=O)=O. The van der Waals surface area contributed by atoms with Crippen LogP contribution in [0.1, 0.15) is 30.0 Å². The van der Waals surface area contributed by atoms with E-state index in [4.69, 9.17) is 0 Å². The molecule has 1 atom stereocenters. The monoisotopic (exact) mass is 374 g/mol. The van der Waals surface area contributed by atoms with Crippen LogP contribution in [-0.4, -0.2) is 26.6 Å². The van der Waals surface area contributed by atoms with Gasteiger partial charge in [-0.2, -0.15) is 0 Å². The van der Waals surface area contributed by atoms with E-state index < -0.39 is 16.1 Å². The number of anilines is 1. The summed E-state index contributed by atoms with van der Waals surface area (Å²) in [6.45, 7) is 6.09. The van der Waals surface area contributed by atoms with Crippen molar-refractivity contribution in [2.24, 2.45) is 0 Å². The molecule has 0 fully saturated rings. The molecular weight excluding hydrogens is 348 g/mol. The van der Waals surface area contributed by atoms with E-state index in [1.807, 2.05) is 57.2 Å². The second-order valence-corrected chi connectivity index (χ2v) is 8.32. The van der Waals surface area contributed by atoms with Gasteiger partial charge in [-0.3, -0.25) is 9.10 Å². The van der Waals surface area contributed by atoms with Crippen molar-refractivity contribution in [2.75, 3.05) is 10.6 Å². The van der Waals surface area contributed by atoms with Crippen molar-refractivity contribution in [3.8, 4) is 0 Å². The molecule has 0 saturated carbocycles. The van der Waals surface area contributed by atoms with E-state index in [9.17, 15) is 13.2 Å². The summed E-state index contributed by atoms with van der Waals surface area (Å²) in [4.78, 5) is 12.8. The fraction of sp³-hybridized carbons (Fsp3) is 0.350. The van der Waals surface area contributed by atoms with Gasteiger partial charge in [0.1, 0.15) is 6.04 Å². The molecule has 2 rings (SSSR count). The zero-order valence-corrected chi connectivity index (χ0v) is 16.5. The van der Waals surface area contributed by atoms with E-state index in [0.717, 1.165) is 22.9 Å². The third-order valence-electron chi connectivity index (χ3n) is 4.33. The third kappa shape index (κ3) is 4.85. The van der Waals surface area contributed by atoms with Crippen LogP contribution in [0.3, 0.4) is 0 Å². The number of sulfonamides is 1. The summed E-state index contributed by atoms with van der Waals surface area (Å²) in [5.41, 5.74) is 3.62. The van der Waals surface area contributed by atoms with Gasteiger partial charge in [-0.15, -0.1) is 0 Å². The Morgan fingerprint density at radius 2 is 1.69 bits per heavy atom. The van der Waals surface area contributed by atoms with Gasteiger partial charge in [0.2, 0.25) is 15.9 Å². The van der Waals surface area contributed by atoms with Crippen molar-refractivity contribution >= 4 is 21.6 Å². The van der Waals surface area contributed by atoms with E-state index in [-0.39, 0.29) is 5.91 Å². The molecule has 0 spiro atoms. The van der Waals surface area contributed by atoms with Gasteiger partial charge in [-0.05, 0) is 43.5 Å². The Labute approximate surface area is 156 Å². The van der Waals surface area contributed by atoms with E-state index in [1.54, 1.807) is 12.1 Å². The number of carbonyl (C=O) groups excluding carboxylic acids is 1. The molecule has 0 saturated heterocycles. The first-order valence-electron chi connectivity index (χ1n) is 8.62. The van der Waals surface area contributed by atoms with Crippen LogP contribution in [0, 0.1) is 13.8 Å². The molecule has 0 aromatic heterocycles. The van der Waals surface area contributed by atoms with Crippen LogP contribution in [0.5, 0.6) is 0 Å². The minimum absolute atomic E-state index is 0.304. The van der Waals surface area contributed by atoms with Crippen molar-refractivity contribution in [2.45, 2.75) is 39.8 Å². The molecule has 2 aromatic rings. The first-order chi connectivity index (χ1) is 12.2. The quantitative estimate of drug-likeness (QED) is 0.809. The standard InChI is InChI=1S/C20H26N2O3S/c1-5-19(20(23)21-14-17-9-7-6-8-16(17)3)22(26(4,24)25)18-12-10-15(2)11-13-18/h6-13,19H,5,14H2,1-4H3,(H,21,23). The minimum atomic E-state index is -3.61. The Morgan fingerprint density at radius 1 is 1.08 bits per heavy atom. The summed E-state index contributed by atoms with van der Waals surface area (Å²) in [5.74, 6) is -0.304. The Balaban J connectivity index is 2.25. The summed E-state index contributed by atoms with van der Waals surface area (Å²) >= 11 is 0. The molecule has 0 radical (unpaired) electrons. The molecule has 0 aliphatic carbocycles. The molecule has 0 bridgehead atoms. The summed E-state index contributed by atoms with van der Waals surface area (Å²) in [7, 11) is -3.61. The lowest BCUT2D eigenvalue weighted by molar-refractivity contribution is -0.122. The van der Waals surface area contributed by atoms with Crippen molar-refractivity contribution < 1.29 is 13.2 Å². The Kier molecular flexibility index (Phi) is 6.42. The highest BCUT2D eigenvalue weighted by molar-refractivity contribution is 7.92. The molecule has 1 unspecified atom stereocenters. The molecular formula is C20H26N2O3S. The smallest absolute Gasteiger partial charge is 0.244 e. The molecule has 26 heavy (non-hydrogen) atoms. The number of amides is 1. The number of carbonyl (C=O) groups is 1. The van der Waals surface area contributed by atoms with Gasteiger partial charge < -0.3 is 5.32 Å². The average molecular weight is 375 g/mol.